The van der Waals surface area contributed by atoms with Crippen molar-refractivity contribution in [2.75, 3.05) is 11.9 Å². The molecule has 0 saturated heterocycles. The first-order valence-corrected chi connectivity index (χ1v) is 8.02. The first kappa shape index (κ1) is 16.5. The van der Waals surface area contributed by atoms with Crippen molar-refractivity contribution >= 4 is 29.1 Å². The molecule has 1 aliphatic rings. The van der Waals surface area contributed by atoms with Crippen LogP contribution in [0.3, 0.4) is 0 Å². The summed E-state index contributed by atoms with van der Waals surface area (Å²) in [5.41, 5.74) is 1.09. The molecule has 2 aromatic rings. The van der Waals surface area contributed by atoms with Gasteiger partial charge in [0.1, 0.15) is 5.60 Å². The maximum atomic E-state index is 12.0. The van der Waals surface area contributed by atoms with E-state index in [1.165, 1.54) is 0 Å². The topological polar surface area (TPSA) is 78.4 Å². The predicted molar refractivity (Wildman–Crippen MR) is 91.8 cm³/mol. The van der Waals surface area contributed by atoms with E-state index in [0.29, 0.717) is 17.1 Å². The third-order valence-corrected chi connectivity index (χ3v) is 4.53. The molecule has 124 valence electrons. The molecule has 0 unspecified atom stereocenters. The van der Waals surface area contributed by atoms with Gasteiger partial charge in [-0.2, -0.15) is 0 Å². The third kappa shape index (κ3) is 3.27. The van der Waals surface area contributed by atoms with E-state index >= 15 is 0 Å². The van der Waals surface area contributed by atoms with Crippen molar-refractivity contribution in [1.29, 1.82) is 0 Å². The van der Waals surface area contributed by atoms with Crippen molar-refractivity contribution in [1.82, 2.24) is 5.32 Å². The number of anilines is 1. The Kier molecular flexibility index (Phi) is 4.55. The zero-order valence-electron chi connectivity index (χ0n) is 12.9. The number of hydrogen-bond acceptors (Lipinski definition) is 3. The van der Waals surface area contributed by atoms with E-state index in [0.717, 1.165) is 17.5 Å². The van der Waals surface area contributed by atoms with Gasteiger partial charge in [-0.3, -0.25) is 9.59 Å². The molecule has 2 amide bonds. The molecule has 5 nitrogen and oxygen atoms in total. The van der Waals surface area contributed by atoms with Crippen LogP contribution in [0.2, 0.25) is 5.02 Å². The van der Waals surface area contributed by atoms with Crippen LogP contribution in [0, 0.1) is 0 Å². The van der Waals surface area contributed by atoms with Crippen LogP contribution in [0.25, 0.3) is 0 Å². The van der Waals surface area contributed by atoms with Gasteiger partial charge in [0.15, 0.2) is 0 Å². The minimum Gasteiger partial charge on any atom is -0.383 e. The number of amides is 2. The zero-order chi connectivity index (χ0) is 17.2. The average molecular weight is 345 g/mol. The molecule has 0 fully saturated rings. The summed E-state index contributed by atoms with van der Waals surface area (Å²) >= 11 is 5.95. The Morgan fingerprint density at radius 1 is 1.08 bits per heavy atom. The van der Waals surface area contributed by atoms with E-state index in [9.17, 15) is 14.7 Å². The van der Waals surface area contributed by atoms with Gasteiger partial charge in [-0.05, 0) is 36.1 Å². The molecule has 1 atom stereocenters. The Bertz CT molecular complexity index is 793. The third-order valence-electron chi connectivity index (χ3n) is 4.20. The molecule has 1 aliphatic carbocycles. The number of carbonyl (C=O) groups excluding carboxylic acids is 2. The summed E-state index contributed by atoms with van der Waals surface area (Å²) < 4.78 is 0. The van der Waals surface area contributed by atoms with Crippen molar-refractivity contribution in [2.24, 2.45) is 0 Å². The fourth-order valence-corrected chi connectivity index (χ4v) is 3.08. The van der Waals surface area contributed by atoms with Crippen LogP contribution < -0.4 is 10.6 Å². The highest BCUT2D eigenvalue weighted by Gasteiger charge is 2.37. The minimum atomic E-state index is -1.14. The molecule has 0 radical (unpaired) electrons. The van der Waals surface area contributed by atoms with Crippen LogP contribution in [0.1, 0.15) is 17.5 Å². The van der Waals surface area contributed by atoms with Crippen LogP contribution in [-0.2, 0) is 21.6 Å². The van der Waals surface area contributed by atoms with Gasteiger partial charge in [-0.1, -0.05) is 48.0 Å². The number of aryl methyl sites for hydroxylation is 1. The molecule has 2 aromatic carbocycles. The molecular formula is C18H17ClN2O3. The number of fused-ring (bicyclic) bond motifs is 1. The summed E-state index contributed by atoms with van der Waals surface area (Å²) in [6.07, 6.45) is 1.26. The lowest BCUT2D eigenvalue weighted by Crippen LogP contribution is -2.43. The molecule has 0 aromatic heterocycles. The van der Waals surface area contributed by atoms with Crippen molar-refractivity contribution in [3.05, 3.63) is 64.7 Å². The number of nitrogens with one attached hydrogen (secondary N) is 2. The maximum Gasteiger partial charge on any atom is 0.313 e. The molecular weight excluding hydrogens is 328 g/mol. The Morgan fingerprint density at radius 3 is 2.58 bits per heavy atom. The second-order valence-corrected chi connectivity index (χ2v) is 6.21. The lowest BCUT2D eigenvalue weighted by molar-refractivity contribution is -0.136. The highest BCUT2D eigenvalue weighted by molar-refractivity contribution is 6.41. The maximum absolute atomic E-state index is 12.0. The first-order chi connectivity index (χ1) is 11.5. The number of aliphatic hydroxyl groups is 1. The summed E-state index contributed by atoms with van der Waals surface area (Å²) in [5, 5.41) is 16.0. The van der Waals surface area contributed by atoms with Crippen LogP contribution in [0.4, 0.5) is 5.69 Å². The van der Waals surface area contributed by atoms with Crippen molar-refractivity contribution in [3.8, 4) is 0 Å². The van der Waals surface area contributed by atoms with Gasteiger partial charge < -0.3 is 15.7 Å². The monoisotopic (exact) mass is 344 g/mol. The Labute approximate surface area is 144 Å². The van der Waals surface area contributed by atoms with Gasteiger partial charge in [0.05, 0.1) is 17.3 Å². The van der Waals surface area contributed by atoms with Crippen LogP contribution in [0.15, 0.2) is 48.5 Å². The van der Waals surface area contributed by atoms with Gasteiger partial charge in [-0.25, -0.2) is 0 Å². The number of hydrogen-bond donors (Lipinski definition) is 3. The van der Waals surface area contributed by atoms with Gasteiger partial charge in [0.2, 0.25) is 0 Å². The molecule has 0 saturated carbocycles. The molecule has 3 rings (SSSR count). The Morgan fingerprint density at radius 2 is 1.79 bits per heavy atom. The zero-order valence-corrected chi connectivity index (χ0v) is 13.6. The van der Waals surface area contributed by atoms with Crippen molar-refractivity contribution in [2.45, 2.75) is 18.4 Å². The number of carbonyl (C=O) groups is 2. The molecule has 3 N–H and O–H groups in total. The summed E-state index contributed by atoms with van der Waals surface area (Å²) in [5.74, 6) is -1.63. The standard InChI is InChI=1S/C18H17ClN2O3/c19-14-7-3-4-8-15(14)21-17(23)16(22)20-11-18(24)10-9-12-5-1-2-6-13(12)18/h1-8,24H,9-11H2,(H,20,22)(H,21,23)/t18-/m1/s1. The fraction of sp³-hybridized carbons (Fsp3) is 0.222. The second kappa shape index (κ2) is 6.63. The van der Waals surface area contributed by atoms with Gasteiger partial charge in [-0.15, -0.1) is 0 Å². The van der Waals surface area contributed by atoms with Gasteiger partial charge in [0.25, 0.3) is 0 Å². The molecule has 0 aliphatic heterocycles. The molecule has 24 heavy (non-hydrogen) atoms. The summed E-state index contributed by atoms with van der Waals surface area (Å²) in [7, 11) is 0. The van der Waals surface area contributed by atoms with Crippen molar-refractivity contribution in [3.63, 3.8) is 0 Å². The van der Waals surface area contributed by atoms with E-state index in [4.69, 9.17) is 11.6 Å². The second-order valence-electron chi connectivity index (χ2n) is 5.81. The Hall–Kier alpha value is -2.37. The van der Waals surface area contributed by atoms with E-state index < -0.39 is 17.4 Å². The fourth-order valence-electron chi connectivity index (χ4n) is 2.90. The van der Waals surface area contributed by atoms with Gasteiger partial charge in [0, 0.05) is 0 Å². The number of halogens is 1. The quantitative estimate of drug-likeness (QED) is 0.747. The van der Waals surface area contributed by atoms with Crippen LogP contribution >= 0.6 is 11.6 Å². The van der Waals surface area contributed by atoms with Gasteiger partial charge >= 0.3 is 11.8 Å². The molecule has 0 spiro atoms. The van der Waals surface area contributed by atoms with Crippen molar-refractivity contribution < 1.29 is 14.7 Å². The summed E-state index contributed by atoms with van der Waals surface area (Å²) in [4.78, 5) is 23.9. The lowest BCUT2D eigenvalue weighted by atomic mass is 9.96. The number of rotatable bonds is 3. The average Bonchev–Trinajstić information content (AvgIpc) is 2.93. The van der Waals surface area contributed by atoms with E-state index in [2.05, 4.69) is 10.6 Å². The number of para-hydroxylation sites is 1. The SMILES string of the molecule is O=C(NC[C@]1(O)CCc2ccccc21)C(=O)Nc1ccccc1Cl. The van der Waals surface area contributed by atoms with E-state index in [-0.39, 0.29) is 6.54 Å². The molecule has 0 bridgehead atoms. The predicted octanol–water partition coefficient (Wildman–Crippen LogP) is 2.23. The molecule has 0 heterocycles. The van der Waals surface area contributed by atoms with Crippen LogP contribution in [-0.4, -0.2) is 23.5 Å². The van der Waals surface area contributed by atoms with E-state index in [1.807, 2.05) is 24.3 Å². The smallest absolute Gasteiger partial charge is 0.313 e. The summed E-state index contributed by atoms with van der Waals surface area (Å²) in [6, 6.07) is 14.2. The number of benzene rings is 2. The lowest BCUT2D eigenvalue weighted by Gasteiger charge is -2.24. The summed E-state index contributed by atoms with van der Waals surface area (Å²) in [6.45, 7) is -0.0151. The van der Waals surface area contributed by atoms with Crippen LogP contribution in [0.5, 0.6) is 0 Å². The highest BCUT2D eigenvalue weighted by Crippen LogP contribution is 2.36. The molecule has 6 heteroatoms. The Balaban J connectivity index is 1.62. The largest absolute Gasteiger partial charge is 0.383 e. The normalized spacial score (nSPS) is 18.8. The first-order valence-electron chi connectivity index (χ1n) is 7.64. The highest BCUT2D eigenvalue weighted by atomic mass is 35.5. The minimum absolute atomic E-state index is 0.0151. The van der Waals surface area contributed by atoms with E-state index in [1.54, 1.807) is 24.3 Å².